The van der Waals surface area contributed by atoms with E-state index in [9.17, 15) is 0 Å². The van der Waals surface area contributed by atoms with Gasteiger partial charge in [0.25, 0.3) is 0 Å². The van der Waals surface area contributed by atoms with Gasteiger partial charge in [0.2, 0.25) is 0 Å². The van der Waals surface area contributed by atoms with Crippen LogP contribution in [0.1, 0.15) is 50.9 Å². The lowest BCUT2D eigenvalue weighted by Gasteiger charge is -2.49. The van der Waals surface area contributed by atoms with E-state index in [1.165, 1.54) is 117 Å². The van der Waals surface area contributed by atoms with E-state index in [0.29, 0.717) is 0 Å². The van der Waals surface area contributed by atoms with Crippen LogP contribution in [0.15, 0.2) is 170 Å². The van der Waals surface area contributed by atoms with Gasteiger partial charge in [-0.3, -0.25) is 0 Å². The predicted octanol–water partition coefficient (Wildman–Crippen LogP) is 11.7. The molecule has 4 aliphatic rings. The van der Waals surface area contributed by atoms with Crippen LogP contribution < -0.4 is 15.8 Å². The first kappa shape index (κ1) is 31.4. The molecule has 0 amide bonds. The molecule has 2 nitrogen and oxygen atoms in total. The predicted molar refractivity (Wildman–Crippen MR) is 238 cm³/mol. The van der Waals surface area contributed by atoms with E-state index in [1.807, 2.05) is 0 Å². The Hall–Kier alpha value is -6.84. The molecule has 1 aromatic heterocycles. The lowest BCUT2D eigenvalue weighted by molar-refractivity contribution is 0.732. The Bertz CT molecular complexity index is 3150. The Morgan fingerprint density at radius 3 is 2.19 bits per heavy atom. The third-order valence-electron chi connectivity index (χ3n) is 13.4. The minimum atomic E-state index is -0.508. The number of rotatable bonds is 3. The second-order valence-corrected chi connectivity index (χ2v) is 16.1. The first-order valence-electron chi connectivity index (χ1n) is 20.3. The number of hydrogen-bond donors (Lipinski definition) is 1. The van der Waals surface area contributed by atoms with Gasteiger partial charge in [-0.1, -0.05) is 163 Å². The number of fused-ring (bicyclic) bond motifs is 12. The van der Waals surface area contributed by atoms with Crippen LogP contribution in [0.4, 0.5) is 17.1 Å². The van der Waals surface area contributed by atoms with E-state index in [1.54, 1.807) is 0 Å². The summed E-state index contributed by atoms with van der Waals surface area (Å²) in [6, 6.07) is 61.6. The standard InChI is InChI=1S/C54H36BN2/c1-3-17-36(18-4-1)54(37-19-5-2-6-20-37)42-25-11-12-28-46(42)57-47-32-35-31-34-16-8-10-22-39(34)48(35)50(51(47)55-44-27-14-26-43(54)53(44)57)41-24-13-23-40-49-38-21-9-7-15-33(38)29-30-45(49)56-52(40)41/h1-8,10-20,22-30,32,56H,9,21,31H2. The molecule has 1 N–H and O–H groups in total. The monoisotopic (exact) mass is 723 g/mol. The number of benzene rings is 8. The fraction of sp³-hybridized carbons (Fsp3) is 0.0741. The average Bonchev–Trinajstić information content (AvgIpc) is 3.85. The molecule has 0 spiro atoms. The maximum atomic E-state index is 3.99. The number of H-pyrrole nitrogens is 1. The van der Waals surface area contributed by atoms with Crippen molar-refractivity contribution < 1.29 is 0 Å². The van der Waals surface area contributed by atoms with Crippen LogP contribution in [0.2, 0.25) is 0 Å². The summed E-state index contributed by atoms with van der Waals surface area (Å²) in [5, 5.41) is 2.68. The number of anilines is 3. The SMILES string of the molecule is [B]1c2cccc3c2N(c2ccccc2C3(c2ccccc2)c2ccccc2)c2cc3c(c(-c4cccc5c4[nH]c4ccc6c(c45)CCC=C6)c21)-c1ccccc1C3. The second kappa shape index (κ2) is 11.6. The topological polar surface area (TPSA) is 19.0 Å². The highest BCUT2D eigenvalue weighted by Gasteiger charge is 2.48. The van der Waals surface area contributed by atoms with Gasteiger partial charge < -0.3 is 9.88 Å². The number of aryl methyl sites for hydroxylation is 1. The van der Waals surface area contributed by atoms with Gasteiger partial charge in [0.15, 0.2) is 7.28 Å². The van der Waals surface area contributed by atoms with E-state index in [0.717, 1.165) is 19.3 Å². The van der Waals surface area contributed by atoms with Crippen molar-refractivity contribution in [2.24, 2.45) is 0 Å². The van der Waals surface area contributed by atoms with Crippen molar-refractivity contribution in [1.29, 1.82) is 0 Å². The van der Waals surface area contributed by atoms with Crippen LogP contribution >= 0.6 is 0 Å². The minimum Gasteiger partial charge on any atom is -0.354 e. The second-order valence-electron chi connectivity index (χ2n) is 16.1. The molecule has 9 aromatic rings. The highest BCUT2D eigenvalue weighted by atomic mass is 15.2. The van der Waals surface area contributed by atoms with E-state index >= 15 is 0 Å². The van der Waals surface area contributed by atoms with Crippen LogP contribution in [0.3, 0.4) is 0 Å². The van der Waals surface area contributed by atoms with Gasteiger partial charge in [0.05, 0.1) is 16.6 Å². The Kier molecular flexibility index (Phi) is 6.38. The van der Waals surface area contributed by atoms with Gasteiger partial charge in [-0.15, -0.1) is 0 Å². The summed E-state index contributed by atoms with van der Waals surface area (Å²) in [5.74, 6) is 0. The van der Waals surface area contributed by atoms with Crippen LogP contribution in [0.5, 0.6) is 0 Å². The minimum absolute atomic E-state index is 0.508. The van der Waals surface area contributed by atoms with Crippen molar-refractivity contribution in [1.82, 2.24) is 4.98 Å². The largest absolute Gasteiger partial charge is 0.354 e. The Morgan fingerprint density at radius 1 is 0.596 bits per heavy atom. The van der Waals surface area contributed by atoms with Crippen molar-refractivity contribution in [2.75, 3.05) is 4.90 Å². The molecule has 0 atom stereocenters. The molecule has 8 aromatic carbocycles. The zero-order valence-electron chi connectivity index (χ0n) is 31.4. The summed E-state index contributed by atoms with van der Waals surface area (Å²) in [4.78, 5) is 6.60. The molecule has 13 rings (SSSR count). The van der Waals surface area contributed by atoms with E-state index in [-0.39, 0.29) is 0 Å². The van der Waals surface area contributed by atoms with Crippen molar-refractivity contribution in [3.05, 3.63) is 214 Å². The molecule has 57 heavy (non-hydrogen) atoms. The Balaban J connectivity index is 1.14. The van der Waals surface area contributed by atoms with Gasteiger partial charge >= 0.3 is 0 Å². The quantitative estimate of drug-likeness (QED) is 0.180. The van der Waals surface area contributed by atoms with Crippen molar-refractivity contribution in [3.63, 3.8) is 0 Å². The molecular weight excluding hydrogens is 687 g/mol. The molecule has 2 aliphatic carbocycles. The summed E-state index contributed by atoms with van der Waals surface area (Å²) < 4.78 is 0. The van der Waals surface area contributed by atoms with Crippen LogP contribution in [-0.2, 0) is 18.3 Å². The number of aromatic nitrogens is 1. The summed E-state index contributed by atoms with van der Waals surface area (Å²) >= 11 is 0. The number of nitrogens with zero attached hydrogens (tertiary/aromatic N) is 1. The van der Waals surface area contributed by atoms with Crippen LogP contribution in [-0.4, -0.2) is 12.3 Å². The molecule has 265 valence electrons. The van der Waals surface area contributed by atoms with Crippen molar-refractivity contribution >= 4 is 63.1 Å². The smallest absolute Gasteiger partial charge is 0.197 e. The fourth-order valence-electron chi connectivity index (χ4n) is 11.1. The maximum absolute atomic E-state index is 3.99. The average molecular weight is 724 g/mol. The molecule has 0 fully saturated rings. The highest BCUT2D eigenvalue weighted by molar-refractivity contribution is 6.73. The van der Waals surface area contributed by atoms with E-state index in [2.05, 4.69) is 193 Å². The van der Waals surface area contributed by atoms with Gasteiger partial charge in [-0.2, -0.15) is 0 Å². The normalized spacial score (nSPS) is 15.0. The molecule has 3 heterocycles. The summed E-state index contributed by atoms with van der Waals surface area (Å²) in [5.41, 5.74) is 24.2. The third-order valence-corrected chi connectivity index (χ3v) is 13.4. The number of allylic oxidation sites excluding steroid dienone is 1. The maximum Gasteiger partial charge on any atom is 0.197 e. The Labute approximate surface area is 333 Å². The van der Waals surface area contributed by atoms with Gasteiger partial charge in [0, 0.05) is 33.2 Å². The number of nitrogens with one attached hydrogen (secondary N) is 1. The Morgan fingerprint density at radius 2 is 1.33 bits per heavy atom. The molecular formula is C54H36BN2. The molecule has 3 heteroatoms. The zero-order chi connectivity index (χ0) is 37.2. The molecule has 0 unspecified atom stereocenters. The number of aromatic amines is 1. The third kappa shape index (κ3) is 4.11. The van der Waals surface area contributed by atoms with Gasteiger partial charge in [-0.05, 0) is 104 Å². The summed E-state index contributed by atoms with van der Waals surface area (Å²) in [6.45, 7) is 0. The summed E-state index contributed by atoms with van der Waals surface area (Å²) in [7, 11) is 2.50. The van der Waals surface area contributed by atoms with Crippen LogP contribution in [0, 0.1) is 0 Å². The van der Waals surface area contributed by atoms with Crippen molar-refractivity contribution in [2.45, 2.75) is 24.7 Å². The van der Waals surface area contributed by atoms with Crippen molar-refractivity contribution in [3.8, 4) is 22.3 Å². The molecule has 0 saturated carbocycles. The van der Waals surface area contributed by atoms with Gasteiger partial charge in [-0.25, -0.2) is 0 Å². The number of hydrogen-bond acceptors (Lipinski definition) is 1. The fourth-order valence-corrected chi connectivity index (χ4v) is 11.1. The van der Waals surface area contributed by atoms with E-state index in [4.69, 9.17) is 0 Å². The molecule has 2 aliphatic heterocycles. The number of para-hydroxylation sites is 3. The first-order valence-corrected chi connectivity index (χ1v) is 20.3. The van der Waals surface area contributed by atoms with Crippen LogP contribution in [0.25, 0.3) is 50.1 Å². The molecule has 0 saturated heterocycles. The first-order chi connectivity index (χ1) is 28.3. The molecule has 1 radical (unpaired) electrons. The highest BCUT2D eigenvalue weighted by Crippen LogP contribution is 2.59. The van der Waals surface area contributed by atoms with Gasteiger partial charge in [0.1, 0.15) is 0 Å². The summed E-state index contributed by atoms with van der Waals surface area (Å²) in [6.07, 6.45) is 7.68. The lowest BCUT2D eigenvalue weighted by Crippen LogP contribution is -2.47. The molecule has 0 bridgehead atoms. The van der Waals surface area contributed by atoms with E-state index < -0.39 is 5.41 Å². The zero-order valence-corrected chi connectivity index (χ0v) is 31.4. The lowest BCUT2D eigenvalue weighted by atomic mass is 9.53.